The number of phenols is 2. The van der Waals surface area contributed by atoms with Crippen LogP contribution in [-0.4, -0.2) is 16.4 Å². The highest BCUT2D eigenvalue weighted by Crippen LogP contribution is 2.41. The highest BCUT2D eigenvalue weighted by molar-refractivity contribution is 5.67. The standard InChI is InChI=1S/C41H34O5/c1-40(29-9-5-3-6-10-29,31-13-21-35(42)22-14-31)33-17-25-37(26-18-33)45-39(44)46-38-27-19-34(20-28-38)41(2,30-11-7-4-8-12-30)32-15-23-36(43)24-16-32/h3-28,42-43H,1-2H3. The average molecular weight is 607 g/mol. The molecule has 0 saturated heterocycles. The molecule has 0 saturated carbocycles. The molecule has 5 nitrogen and oxygen atoms in total. The summed E-state index contributed by atoms with van der Waals surface area (Å²) in [6, 6.07) is 49.5. The molecule has 0 amide bonds. The van der Waals surface area contributed by atoms with Crippen LogP contribution in [0.1, 0.15) is 47.2 Å². The molecule has 5 heteroatoms. The second-order valence-electron chi connectivity index (χ2n) is 11.6. The number of aromatic hydroxyl groups is 2. The molecule has 0 aliphatic heterocycles. The largest absolute Gasteiger partial charge is 0.519 e. The molecule has 6 aromatic carbocycles. The number of rotatable bonds is 8. The normalized spacial score (nSPS) is 13.6. The lowest BCUT2D eigenvalue weighted by Gasteiger charge is -2.32. The molecule has 228 valence electrons. The number of hydrogen-bond donors (Lipinski definition) is 2. The van der Waals surface area contributed by atoms with Crippen molar-refractivity contribution in [3.8, 4) is 23.0 Å². The quantitative estimate of drug-likeness (QED) is 0.103. The first-order valence-corrected chi connectivity index (χ1v) is 15.1. The van der Waals surface area contributed by atoms with Gasteiger partial charge in [0.25, 0.3) is 0 Å². The van der Waals surface area contributed by atoms with Crippen LogP contribution in [0.3, 0.4) is 0 Å². The summed E-state index contributed by atoms with van der Waals surface area (Å²) in [4.78, 5) is 12.8. The predicted molar refractivity (Wildman–Crippen MR) is 180 cm³/mol. The maximum atomic E-state index is 12.8. The Labute approximate surface area is 269 Å². The Hall–Kier alpha value is -5.81. The lowest BCUT2D eigenvalue weighted by atomic mass is 9.71. The minimum absolute atomic E-state index is 0.207. The first-order chi connectivity index (χ1) is 22.3. The van der Waals surface area contributed by atoms with E-state index in [2.05, 4.69) is 38.1 Å². The molecule has 46 heavy (non-hydrogen) atoms. The fraction of sp³-hybridized carbons (Fsp3) is 0.0976. The second kappa shape index (κ2) is 12.7. The van der Waals surface area contributed by atoms with Crippen molar-refractivity contribution in [3.63, 3.8) is 0 Å². The van der Waals surface area contributed by atoms with E-state index in [0.717, 1.165) is 33.4 Å². The van der Waals surface area contributed by atoms with Gasteiger partial charge in [0, 0.05) is 10.8 Å². The zero-order chi connectivity index (χ0) is 32.1. The van der Waals surface area contributed by atoms with Crippen molar-refractivity contribution in [1.29, 1.82) is 0 Å². The van der Waals surface area contributed by atoms with Gasteiger partial charge in [0.1, 0.15) is 23.0 Å². The van der Waals surface area contributed by atoms with Crippen LogP contribution in [-0.2, 0) is 10.8 Å². The Bertz CT molecular complexity index is 1760. The summed E-state index contributed by atoms with van der Waals surface area (Å²) >= 11 is 0. The monoisotopic (exact) mass is 606 g/mol. The molecule has 0 fully saturated rings. The third kappa shape index (κ3) is 5.95. The number of benzene rings is 6. The van der Waals surface area contributed by atoms with E-state index in [9.17, 15) is 15.0 Å². The number of ether oxygens (including phenoxy) is 2. The van der Waals surface area contributed by atoms with Crippen molar-refractivity contribution in [2.24, 2.45) is 0 Å². The fourth-order valence-electron chi connectivity index (χ4n) is 6.06. The summed E-state index contributed by atoms with van der Waals surface area (Å²) in [5.74, 6) is 1.13. The van der Waals surface area contributed by atoms with E-state index in [-0.39, 0.29) is 11.5 Å². The first-order valence-electron chi connectivity index (χ1n) is 15.1. The van der Waals surface area contributed by atoms with Crippen LogP contribution < -0.4 is 9.47 Å². The third-order valence-corrected chi connectivity index (χ3v) is 8.86. The van der Waals surface area contributed by atoms with Gasteiger partial charge in [-0.25, -0.2) is 4.79 Å². The van der Waals surface area contributed by atoms with Crippen LogP contribution in [0.4, 0.5) is 4.79 Å². The van der Waals surface area contributed by atoms with Gasteiger partial charge in [-0.15, -0.1) is 0 Å². The van der Waals surface area contributed by atoms with Gasteiger partial charge in [-0.05, 0) is 95.8 Å². The second-order valence-corrected chi connectivity index (χ2v) is 11.6. The van der Waals surface area contributed by atoms with Crippen molar-refractivity contribution in [3.05, 3.63) is 191 Å². The minimum Gasteiger partial charge on any atom is -0.508 e. The van der Waals surface area contributed by atoms with Crippen LogP contribution in [0.2, 0.25) is 0 Å². The molecule has 0 heterocycles. The van der Waals surface area contributed by atoms with Crippen molar-refractivity contribution in [2.75, 3.05) is 0 Å². The number of phenolic OH excluding ortho intramolecular Hbond substituents is 2. The highest BCUT2D eigenvalue weighted by atomic mass is 16.7. The maximum absolute atomic E-state index is 12.8. The Kier molecular flexibility index (Phi) is 8.32. The number of hydrogen-bond acceptors (Lipinski definition) is 5. The van der Waals surface area contributed by atoms with Gasteiger partial charge in [-0.1, -0.05) is 109 Å². The molecule has 6 rings (SSSR count). The summed E-state index contributed by atoms with van der Waals surface area (Å²) in [7, 11) is 0. The Balaban J connectivity index is 1.20. The van der Waals surface area contributed by atoms with Crippen LogP contribution in [0.25, 0.3) is 0 Å². The number of carbonyl (C=O) groups excluding carboxylic acids is 1. The van der Waals surface area contributed by atoms with Crippen molar-refractivity contribution >= 4 is 6.16 Å². The zero-order valence-electron chi connectivity index (χ0n) is 25.6. The van der Waals surface area contributed by atoms with E-state index in [1.54, 1.807) is 48.5 Å². The van der Waals surface area contributed by atoms with Crippen LogP contribution >= 0.6 is 0 Å². The number of carbonyl (C=O) groups is 1. The van der Waals surface area contributed by atoms with Gasteiger partial charge in [0.05, 0.1) is 0 Å². The topological polar surface area (TPSA) is 76.0 Å². The van der Waals surface area contributed by atoms with E-state index in [1.165, 1.54) is 0 Å². The molecule has 0 radical (unpaired) electrons. The first kappa shape index (κ1) is 30.2. The average Bonchev–Trinajstić information content (AvgIpc) is 3.09. The summed E-state index contributed by atoms with van der Waals surface area (Å²) in [5.41, 5.74) is 5.18. The van der Waals surface area contributed by atoms with Crippen molar-refractivity contribution in [1.82, 2.24) is 0 Å². The molecule has 0 aliphatic carbocycles. The van der Waals surface area contributed by atoms with E-state index in [4.69, 9.17) is 9.47 Å². The Morgan fingerprint density at radius 2 is 0.674 bits per heavy atom. The molecule has 2 N–H and O–H groups in total. The highest BCUT2D eigenvalue weighted by Gasteiger charge is 2.32. The van der Waals surface area contributed by atoms with Gasteiger partial charge < -0.3 is 19.7 Å². The zero-order valence-corrected chi connectivity index (χ0v) is 25.6. The van der Waals surface area contributed by atoms with E-state index in [1.807, 2.05) is 84.9 Å². The molecule has 0 aromatic heterocycles. The molecule has 6 aromatic rings. The minimum atomic E-state index is -0.839. The third-order valence-electron chi connectivity index (χ3n) is 8.86. The lowest BCUT2D eigenvalue weighted by Crippen LogP contribution is -2.25. The Morgan fingerprint density at radius 1 is 0.413 bits per heavy atom. The van der Waals surface area contributed by atoms with E-state index >= 15 is 0 Å². The van der Waals surface area contributed by atoms with Gasteiger partial charge in [-0.3, -0.25) is 0 Å². The molecule has 0 bridgehead atoms. The van der Waals surface area contributed by atoms with Gasteiger partial charge in [0.15, 0.2) is 0 Å². The summed E-state index contributed by atoms with van der Waals surface area (Å²) < 4.78 is 11.1. The van der Waals surface area contributed by atoms with Crippen molar-refractivity contribution in [2.45, 2.75) is 24.7 Å². The summed E-state index contributed by atoms with van der Waals surface area (Å²) in [6.07, 6.45) is -0.839. The lowest BCUT2D eigenvalue weighted by molar-refractivity contribution is 0.152. The maximum Gasteiger partial charge on any atom is 0.519 e. The predicted octanol–water partition coefficient (Wildman–Crippen LogP) is 9.38. The van der Waals surface area contributed by atoms with Crippen LogP contribution in [0.5, 0.6) is 23.0 Å². The van der Waals surface area contributed by atoms with Crippen molar-refractivity contribution < 1.29 is 24.5 Å². The Morgan fingerprint density at radius 3 is 0.978 bits per heavy atom. The van der Waals surface area contributed by atoms with Gasteiger partial charge >= 0.3 is 6.16 Å². The molecular weight excluding hydrogens is 572 g/mol. The summed E-state index contributed by atoms with van der Waals surface area (Å²) in [6.45, 7) is 4.26. The summed E-state index contributed by atoms with van der Waals surface area (Å²) in [5, 5.41) is 19.7. The molecule has 0 aliphatic rings. The van der Waals surface area contributed by atoms with E-state index in [0.29, 0.717) is 11.5 Å². The molecule has 2 atom stereocenters. The van der Waals surface area contributed by atoms with Crippen LogP contribution in [0, 0.1) is 0 Å². The molecular formula is C41H34O5. The smallest absolute Gasteiger partial charge is 0.508 e. The van der Waals surface area contributed by atoms with E-state index < -0.39 is 17.0 Å². The molecule has 0 spiro atoms. The van der Waals surface area contributed by atoms with Gasteiger partial charge in [-0.2, -0.15) is 0 Å². The van der Waals surface area contributed by atoms with Crippen LogP contribution in [0.15, 0.2) is 158 Å². The SMILES string of the molecule is CC(c1ccccc1)(c1ccc(O)cc1)c1ccc(OC(=O)Oc2ccc(C(C)(c3ccccc3)c3ccc(O)cc3)cc2)cc1. The fourth-order valence-corrected chi connectivity index (χ4v) is 6.06. The van der Waals surface area contributed by atoms with Gasteiger partial charge in [0.2, 0.25) is 0 Å². The molecule has 2 unspecified atom stereocenters.